The Morgan fingerprint density at radius 1 is 1.21 bits per heavy atom. The van der Waals surface area contributed by atoms with E-state index in [0.29, 0.717) is 22.7 Å². The first-order chi connectivity index (χ1) is 11.5. The molecule has 0 aliphatic heterocycles. The van der Waals surface area contributed by atoms with Crippen molar-refractivity contribution in [3.63, 3.8) is 0 Å². The monoisotopic (exact) mass is 324 g/mol. The molecule has 124 valence electrons. The fourth-order valence-corrected chi connectivity index (χ4v) is 2.02. The molecule has 24 heavy (non-hydrogen) atoms. The van der Waals surface area contributed by atoms with Crippen LogP contribution in [-0.2, 0) is 4.79 Å². The van der Waals surface area contributed by atoms with Crippen molar-refractivity contribution < 1.29 is 14.6 Å². The molecule has 2 aromatic carbocycles. The van der Waals surface area contributed by atoms with Crippen LogP contribution < -0.4 is 10.1 Å². The first-order valence-electron chi connectivity index (χ1n) is 7.74. The van der Waals surface area contributed by atoms with Gasteiger partial charge in [0, 0.05) is 5.69 Å². The zero-order chi connectivity index (χ0) is 17.5. The maximum absolute atomic E-state index is 11.8. The Balaban J connectivity index is 1.98. The standard InChI is InChI=1S/C19H20N2O3/c1-13(2)17(22)11-19(23)21-15-7-9-16(10-8-15)24-18-6-4-3-5-14(18)12-20/h3-10,13,17,22H,11H2,1-2H3,(H,21,23). The number of carbonyl (C=O) groups excluding carboxylic acids is 1. The third-order valence-corrected chi connectivity index (χ3v) is 3.54. The van der Waals surface area contributed by atoms with Crippen molar-refractivity contribution in [1.29, 1.82) is 5.26 Å². The molecule has 0 saturated carbocycles. The Kier molecular flexibility index (Phi) is 5.94. The summed E-state index contributed by atoms with van der Waals surface area (Å²) in [7, 11) is 0. The SMILES string of the molecule is CC(C)C(O)CC(=O)Nc1ccc(Oc2ccccc2C#N)cc1. The molecule has 0 bridgehead atoms. The Bertz CT molecular complexity index is 733. The zero-order valence-electron chi connectivity index (χ0n) is 13.7. The van der Waals surface area contributed by atoms with Gasteiger partial charge in [0.25, 0.3) is 0 Å². The second-order valence-electron chi connectivity index (χ2n) is 5.80. The predicted molar refractivity (Wildman–Crippen MR) is 91.8 cm³/mol. The van der Waals surface area contributed by atoms with Gasteiger partial charge in [-0.2, -0.15) is 5.26 Å². The first-order valence-corrected chi connectivity index (χ1v) is 7.74. The summed E-state index contributed by atoms with van der Waals surface area (Å²) in [5.41, 5.74) is 1.08. The van der Waals surface area contributed by atoms with Gasteiger partial charge < -0.3 is 15.2 Å². The first kappa shape index (κ1) is 17.5. The van der Waals surface area contributed by atoms with E-state index in [2.05, 4.69) is 11.4 Å². The third-order valence-electron chi connectivity index (χ3n) is 3.54. The average Bonchev–Trinajstić information content (AvgIpc) is 2.57. The van der Waals surface area contributed by atoms with Gasteiger partial charge in [-0.15, -0.1) is 0 Å². The van der Waals surface area contributed by atoms with Crippen LogP contribution in [0.2, 0.25) is 0 Å². The summed E-state index contributed by atoms with van der Waals surface area (Å²) in [4.78, 5) is 11.8. The van der Waals surface area contributed by atoms with Crippen LogP contribution in [0.1, 0.15) is 25.8 Å². The van der Waals surface area contributed by atoms with E-state index < -0.39 is 6.10 Å². The summed E-state index contributed by atoms with van der Waals surface area (Å²) in [5.74, 6) is 0.848. The van der Waals surface area contributed by atoms with E-state index in [1.54, 1.807) is 48.5 Å². The Morgan fingerprint density at radius 3 is 2.50 bits per heavy atom. The molecule has 2 aromatic rings. The molecule has 0 fully saturated rings. The molecule has 0 spiro atoms. The van der Waals surface area contributed by atoms with Crippen molar-refractivity contribution in [1.82, 2.24) is 0 Å². The summed E-state index contributed by atoms with van der Waals surface area (Å²) in [6.45, 7) is 3.73. The van der Waals surface area contributed by atoms with E-state index in [0.717, 1.165) is 0 Å². The van der Waals surface area contributed by atoms with Crippen molar-refractivity contribution in [2.75, 3.05) is 5.32 Å². The maximum atomic E-state index is 11.8. The number of nitrogens with one attached hydrogen (secondary N) is 1. The van der Waals surface area contributed by atoms with E-state index in [9.17, 15) is 9.90 Å². The minimum atomic E-state index is -0.657. The fourth-order valence-electron chi connectivity index (χ4n) is 2.02. The van der Waals surface area contributed by atoms with E-state index in [1.807, 2.05) is 13.8 Å². The average molecular weight is 324 g/mol. The van der Waals surface area contributed by atoms with Gasteiger partial charge in [0.2, 0.25) is 5.91 Å². The summed E-state index contributed by atoms with van der Waals surface area (Å²) < 4.78 is 5.68. The maximum Gasteiger partial charge on any atom is 0.226 e. The lowest BCUT2D eigenvalue weighted by Crippen LogP contribution is -2.23. The molecule has 0 saturated heterocycles. The van der Waals surface area contributed by atoms with Gasteiger partial charge in [-0.25, -0.2) is 0 Å². The van der Waals surface area contributed by atoms with Crippen LogP contribution in [0.15, 0.2) is 48.5 Å². The third kappa shape index (κ3) is 4.83. The van der Waals surface area contributed by atoms with Crippen molar-refractivity contribution in [3.8, 4) is 17.6 Å². The molecule has 0 aromatic heterocycles. The van der Waals surface area contributed by atoms with Crippen LogP contribution >= 0.6 is 0 Å². The number of hydrogen-bond acceptors (Lipinski definition) is 4. The largest absolute Gasteiger partial charge is 0.456 e. The topological polar surface area (TPSA) is 82.3 Å². The number of hydrogen-bond donors (Lipinski definition) is 2. The molecule has 1 unspecified atom stereocenters. The van der Waals surface area contributed by atoms with E-state index in [-0.39, 0.29) is 18.2 Å². The number of para-hydroxylation sites is 1. The summed E-state index contributed by atoms with van der Waals surface area (Å²) in [6, 6.07) is 15.9. The smallest absolute Gasteiger partial charge is 0.226 e. The van der Waals surface area contributed by atoms with E-state index in [4.69, 9.17) is 10.00 Å². The predicted octanol–water partition coefficient (Wildman–Crippen LogP) is 3.70. The molecular formula is C19H20N2O3. The normalized spacial score (nSPS) is 11.6. The summed E-state index contributed by atoms with van der Waals surface area (Å²) in [6.07, 6.45) is -0.596. The van der Waals surface area contributed by atoms with Crippen LogP contribution in [0.4, 0.5) is 5.69 Å². The van der Waals surface area contributed by atoms with Crippen molar-refractivity contribution in [2.45, 2.75) is 26.4 Å². The summed E-state index contributed by atoms with van der Waals surface area (Å²) in [5, 5.41) is 21.5. The second-order valence-corrected chi connectivity index (χ2v) is 5.80. The highest BCUT2D eigenvalue weighted by Gasteiger charge is 2.14. The Hall–Kier alpha value is -2.84. The molecule has 0 aliphatic rings. The number of rotatable bonds is 6. The van der Waals surface area contributed by atoms with Gasteiger partial charge in [0.05, 0.1) is 18.1 Å². The zero-order valence-corrected chi connectivity index (χ0v) is 13.7. The van der Waals surface area contributed by atoms with E-state index >= 15 is 0 Å². The molecular weight excluding hydrogens is 304 g/mol. The minimum absolute atomic E-state index is 0.0340. The van der Waals surface area contributed by atoms with Gasteiger partial charge >= 0.3 is 0 Å². The Labute approximate surface area is 141 Å². The van der Waals surface area contributed by atoms with Crippen molar-refractivity contribution >= 4 is 11.6 Å². The number of aliphatic hydroxyl groups excluding tert-OH is 1. The molecule has 1 amide bonds. The van der Waals surface area contributed by atoms with Gasteiger partial charge in [-0.05, 0) is 42.3 Å². The number of ether oxygens (including phenoxy) is 1. The van der Waals surface area contributed by atoms with Gasteiger partial charge in [-0.1, -0.05) is 26.0 Å². The molecule has 1 atom stereocenters. The van der Waals surface area contributed by atoms with Crippen LogP contribution in [0.3, 0.4) is 0 Å². The number of anilines is 1. The van der Waals surface area contributed by atoms with E-state index in [1.165, 1.54) is 0 Å². The molecule has 2 N–H and O–H groups in total. The van der Waals surface area contributed by atoms with Crippen LogP contribution in [0.5, 0.6) is 11.5 Å². The van der Waals surface area contributed by atoms with Crippen LogP contribution in [0, 0.1) is 17.2 Å². The van der Waals surface area contributed by atoms with Crippen LogP contribution in [-0.4, -0.2) is 17.1 Å². The number of nitriles is 1. The molecule has 0 aliphatic carbocycles. The number of aliphatic hydroxyl groups is 1. The lowest BCUT2D eigenvalue weighted by Gasteiger charge is -2.14. The highest BCUT2D eigenvalue weighted by Crippen LogP contribution is 2.25. The van der Waals surface area contributed by atoms with Crippen molar-refractivity contribution in [2.24, 2.45) is 5.92 Å². The quantitative estimate of drug-likeness (QED) is 0.849. The highest BCUT2D eigenvalue weighted by atomic mass is 16.5. The number of carbonyl (C=O) groups is 1. The molecule has 0 heterocycles. The molecule has 5 nitrogen and oxygen atoms in total. The molecule has 2 rings (SSSR count). The summed E-state index contributed by atoms with van der Waals surface area (Å²) >= 11 is 0. The van der Waals surface area contributed by atoms with Crippen molar-refractivity contribution in [3.05, 3.63) is 54.1 Å². The molecule has 0 radical (unpaired) electrons. The second kappa shape index (κ2) is 8.14. The van der Waals surface area contributed by atoms with Gasteiger partial charge in [-0.3, -0.25) is 4.79 Å². The fraction of sp³-hybridized carbons (Fsp3) is 0.263. The number of nitrogens with zero attached hydrogens (tertiary/aromatic N) is 1. The lowest BCUT2D eigenvalue weighted by molar-refractivity contribution is -0.118. The number of benzene rings is 2. The highest BCUT2D eigenvalue weighted by molar-refractivity contribution is 5.91. The lowest BCUT2D eigenvalue weighted by atomic mass is 10.0. The minimum Gasteiger partial charge on any atom is -0.456 e. The van der Waals surface area contributed by atoms with Crippen LogP contribution in [0.25, 0.3) is 0 Å². The molecule has 5 heteroatoms. The van der Waals surface area contributed by atoms with Gasteiger partial charge in [0.1, 0.15) is 17.6 Å². The van der Waals surface area contributed by atoms with Gasteiger partial charge in [0.15, 0.2) is 0 Å². The Morgan fingerprint density at radius 2 is 1.88 bits per heavy atom. The number of amides is 1.